The smallest absolute Gasteiger partial charge is 0.194 e. The summed E-state index contributed by atoms with van der Waals surface area (Å²) in [6, 6.07) is 14.8. The van der Waals surface area contributed by atoms with Crippen molar-refractivity contribution < 1.29 is 14.3 Å². The molecule has 37 heavy (non-hydrogen) atoms. The number of benzene rings is 3. The van der Waals surface area contributed by atoms with Gasteiger partial charge in [0, 0.05) is 23.2 Å². The number of carbonyl (C=O) groups excluding carboxylic acids is 1. The molecule has 3 aromatic rings. The fraction of sp³-hybridized carbons (Fsp3) is 0.387. The van der Waals surface area contributed by atoms with Crippen molar-refractivity contribution in [1.82, 2.24) is 10.2 Å². The third-order valence-corrected chi connectivity index (χ3v) is 7.55. The van der Waals surface area contributed by atoms with Crippen LogP contribution in [0.5, 0.6) is 5.75 Å². The molecule has 1 aliphatic rings. The van der Waals surface area contributed by atoms with Crippen LogP contribution in [-0.2, 0) is 6.42 Å². The van der Waals surface area contributed by atoms with E-state index in [1.54, 1.807) is 25.1 Å². The number of halogens is 2. The largest absolute Gasteiger partial charge is 0.508 e. The number of phenolic OH excluding ortho intramolecular Hbond substituents is 1. The normalized spacial score (nSPS) is 15.8. The number of aromatic hydroxyl groups is 1. The summed E-state index contributed by atoms with van der Waals surface area (Å²) in [5, 5.41) is 14.0. The SMILES string of the molecule is Cc1c(F)cccc1-c1c(Cl)c([C@@H]2CCCNC2)[c]c(CCCCN(C)C)c1C(=O)c1cccc(O)c1. The number of rotatable bonds is 9. The molecule has 1 heterocycles. The zero-order chi connectivity index (χ0) is 26.5. The van der Waals surface area contributed by atoms with Crippen LogP contribution in [0.3, 0.4) is 0 Å². The van der Waals surface area contributed by atoms with Gasteiger partial charge in [0.05, 0.1) is 5.02 Å². The Morgan fingerprint density at radius 3 is 2.70 bits per heavy atom. The number of hydrogen-bond acceptors (Lipinski definition) is 4. The molecule has 4 nitrogen and oxygen atoms in total. The van der Waals surface area contributed by atoms with E-state index in [4.69, 9.17) is 11.6 Å². The van der Waals surface area contributed by atoms with Crippen molar-refractivity contribution in [3.8, 4) is 16.9 Å². The van der Waals surface area contributed by atoms with Crippen LogP contribution < -0.4 is 5.32 Å². The van der Waals surface area contributed by atoms with E-state index in [1.807, 2.05) is 20.2 Å². The van der Waals surface area contributed by atoms with Crippen LogP contribution in [0.2, 0.25) is 5.02 Å². The zero-order valence-electron chi connectivity index (χ0n) is 21.8. The minimum absolute atomic E-state index is 0.0156. The summed E-state index contributed by atoms with van der Waals surface area (Å²) in [5.74, 6) is -0.407. The van der Waals surface area contributed by atoms with Gasteiger partial charge >= 0.3 is 0 Å². The molecule has 0 unspecified atom stereocenters. The van der Waals surface area contributed by atoms with Gasteiger partial charge in [0.25, 0.3) is 0 Å². The number of ketones is 1. The van der Waals surface area contributed by atoms with E-state index in [1.165, 1.54) is 18.2 Å². The maximum atomic E-state index is 14.8. The lowest BCUT2D eigenvalue weighted by Crippen LogP contribution is -2.29. The Balaban J connectivity index is 1.95. The molecule has 4 rings (SSSR count). The number of carbonyl (C=O) groups is 1. The maximum absolute atomic E-state index is 14.8. The highest BCUT2D eigenvalue weighted by Crippen LogP contribution is 2.43. The van der Waals surface area contributed by atoms with Crippen LogP contribution in [-0.4, -0.2) is 49.5 Å². The zero-order valence-corrected chi connectivity index (χ0v) is 22.6. The van der Waals surface area contributed by atoms with Gasteiger partial charge in [0.15, 0.2) is 5.78 Å². The fourth-order valence-electron chi connectivity index (χ4n) is 5.15. The van der Waals surface area contributed by atoms with Crippen molar-refractivity contribution in [3.63, 3.8) is 0 Å². The van der Waals surface area contributed by atoms with E-state index >= 15 is 0 Å². The number of hydrogen-bond donors (Lipinski definition) is 2. The molecule has 1 saturated heterocycles. The van der Waals surface area contributed by atoms with Gasteiger partial charge in [-0.25, -0.2) is 4.39 Å². The number of piperidine rings is 1. The molecule has 0 aromatic heterocycles. The third kappa shape index (κ3) is 6.23. The van der Waals surface area contributed by atoms with Gasteiger partial charge in [-0.05, 0) is 119 Å². The Kier molecular flexibility index (Phi) is 9.01. The van der Waals surface area contributed by atoms with E-state index in [9.17, 15) is 14.3 Å². The van der Waals surface area contributed by atoms with Crippen LogP contribution in [0.25, 0.3) is 11.1 Å². The van der Waals surface area contributed by atoms with E-state index in [-0.39, 0.29) is 23.3 Å². The molecule has 1 radical (unpaired) electrons. The summed E-state index contributed by atoms with van der Waals surface area (Å²) in [6.07, 6.45) is 4.51. The third-order valence-electron chi connectivity index (χ3n) is 7.15. The monoisotopic (exact) mass is 521 g/mol. The predicted octanol–water partition coefficient (Wildman–Crippen LogP) is 6.54. The van der Waals surface area contributed by atoms with E-state index < -0.39 is 0 Å². The molecule has 1 atom stereocenters. The summed E-state index contributed by atoms with van der Waals surface area (Å²) in [7, 11) is 4.09. The molecular formula is C31H35ClFN2O2. The van der Waals surface area contributed by atoms with Gasteiger partial charge in [-0.15, -0.1) is 0 Å². The van der Waals surface area contributed by atoms with Crippen LogP contribution in [0.15, 0.2) is 42.5 Å². The molecule has 3 aromatic carbocycles. The minimum Gasteiger partial charge on any atom is -0.508 e. The van der Waals surface area contributed by atoms with Crippen molar-refractivity contribution >= 4 is 17.4 Å². The first kappa shape index (κ1) is 27.3. The number of unbranched alkanes of at least 4 members (excludes halogenated alkanes) is 1. The van der Waals surface area contributed by atoms with Gasteiger partial charge in [0.1, 0.15) is 11.6 Å². The van der Waals surface area contributed by atoms with E-state index in [2.05, 4.69) is 16.3 Å². The highest BCUT2D eigenvalue weighted by molar-refractivity contribution is 6.35. The molecule has 0 bridgehead atoms. The first-order valence-corrected chi connectivity index (χ1v) is 13.4. The molecule has 1 fully saturated rings. The maximum Gasteiger partial charge on any atom is 0.194 e. The second-order valence-corrected chi connectivity index (χ2v) is 10.6. The van der Waals surface area contributed by atoms with Crippen molar-refractivity contribution in [1.29, 1.82) is 0 Å². The number of nitrogens with zero attached hydrogens (tertiary/aromatic N) is 1. The lowest BCUT2D eigenvalue weighted by Gasteiger charge is -2.27. The van der Waals surface area contributed by atoms with Gasteiger partial charge in [-0.3, -0.25) is 4.79 Å². The van der Waals surface area contributed by atoms with Crippen LogP contribution in [0.1, 0.15) is 64.2 Å². The lowest BCUT2D eigenvalue weighted by atomic mass is 9.81. The van der Waals surface area contributed by atoms with Crippen molar-refractivity contribution in [3.05, 3.63) is 87.2 Å². The van der Waals surface area contributed by atoms with Crippen LogP contribution in [0.4, 0.5) is 4.39 Å². The summed E-state index contributed by atoms with van der Waals surface area (Å²) < 4.78 is 14.8. The molecular weight excluding hydrogens is 487 g/mol. The van der Waals surface area contributed by atoms with Gasteiger partial charge in [0.2, 0.25) is 0 Å². The summed E-state index contributed by atoms with van der Waals surface area (Å²) in [4.78, 5) is 16.2. The van der Waals surface area contributed by atoms with Crippen molar-refractivity contribution in [2.24, 2.45) is 0 Å². The molecule has 0 spiro atoms. The summed E-state index contributed by atoms with van der Waals surface area (Å²) in [5.41, 5.74) is 4.13. The second kappa shape index (κ2) is 12.2. The van der Waals surface area contributed by atoms with Gasteiger partial charge in [-0.2, -0.15) is 0 Å². The topological polar surface area (TPSA) is 52.6 Å². The molecule has 6 heteroatoms. The highest BCUT2D eigenvalue weighted by atomic mass is 35.5. The molecule has 0 aliphatic carbocycles. The Bertz CT molecular complexity index is 1270. The first-order valence-electron chi connectivity index (χ1n) is 13.0. The van der Waals surface area contributed by atoms with Crippen molar-refractivity contribution in [2.75, 3.05) is 33.7 Å². The van der Waals surface area contributed by atoms with Crippen LogP contribution in [0, 0.1) is 18.8 Å². The molecule has 195 valence electrons. The standard InChI is InChI=1S/C31H35ClFN2O2/c1-20-25(13-7-14-27(20)33)29-28(31(37)22-10-6-12-24(36)17-22)21(9-4-5-16-35(2)3)18-26(30(29)32)23-11-8-15-34-19-23/h6-7,10,12-14,17,23,34,36H,4-5,8-9,11,15-16,19H2,1-3H3/t23-/m1/s1. The minimum atomic E-state index is -0.342. The summed E-state index contributed by atoms with van der Waals surface area (Å²) in [6.45, 7) is 4.42. The van der Waals surface area contributed by atoms with Gasteiger partial charge < -0.3 is 15.3 Å². The number of phenols is 1. The number of nitrogens with one attached hydrogen (secondary N) is 1. The average molecular weight is 522 g/mol. The fourth-order valence-corrected chi connectivity index (χ4v) is 5.54. The predicted molar refractivity (Wildman–Crippen MR) is 148 cm³/mol. The average Bonchev–Trinajstić information content (AvgIpc) is 2.89. The molecule has 1 aliphatic heterocycles. The quantitative estimate of drug-likeness (QED) is 0.248. The molecule has 0 saturated carbocycles. The highest BCUT2D eigenvalue weighted by Gasteiger charge is 2.29. The number of aryl methyl sites for hydroxylation is 1. The Hall–Kier alpha value is -2.73. The lowest BCUT2D eigenvalue weighted by molar-refractivity contribution is 0.103. The van der Waals surface area contributed by atoms with Crippen molar-refractivity contribution in [2.45, 2.75) is 44.9 Å². The second-order valence-electron chi connectivity index (χ2n) is 10.2. The first-order chi connectivity index (χ1) is 17.8. The summed E-state index contributed by atoms with van der Waals surface area (Å²) >= 11 is 7.15. The Morgan fingerprint density at radius 2 is 2.00 bits per heavy atom. The Labute approximate surface area is 224 Å². The van der Waals surface area contributed by atoms with E-state index in [0.717, 1.165) is 56.4 Å². The Morgan fingerprint density at radius 1 is 1.22 bits per heavy atom. The molecule has 2 N–H and O–H groups in total. The van der Waals surface area contributed by atoms with Gasteiger partial charge in [-0.1, -0.05) is 35.9 Å². The molecule has 0 amide bonds. The van der Waals surface area contributed by atoms with E-state index in [0.29, 0.717) is 39.3 Å². The van der Waals surface area contributed by atoms with Crippen LogP contribution >= 0.6 is 11.6 Å².